The molecule has 174 valence electrons. The van der Waals surface area contributed by atoms with E-state index in [4.69, 9.17) is 0 Å². The van der Waals surface area contributed by atoms with Gasteiger partial charge in [-0.05, 0) is 55.3 Å². The molecule has 0 aliphatic heterocycles. The van der Waals surface area contributed by atoms with Crippen molar-refractivity contribution in [2.24, 2.45) is 0 Å². The van der Waals surface area contributed by atoms with Crippen LogP contribution in [0.4, 0.5) is 11.4 Å². The smallest absolute Gasteiger partial charge is 0.255 e. The van der Waals surface area contributed by atoms with Gasteiger partial charge in [0, 0.05) is 56.4 Å². The number of sulfonamides is 1. The standard InChI is InChI=1S/C23H27N5O4S/c1-16-12-20(33(31,32)27(3)4)14-21(17(16)2)26-23(30)18-6-5-7-19(13-18)25-22(29)8-10-28-11-9-24-15-28/h5-7,9,11-15H,8,10H2,1-4H3,(H,25,29)(H,26,30). The molecule has 1 heterocycles. The largest absolute Gasteiger partial charge is 0.337 e. The first-order valence-electron chi connectivity index (χ1n) is 10.3. The molecule has 0 bridgehead atoms. The van der Waals surface area contributed by atoms with Gasteiger partial charge in [-0.25, -0.2) is 17.7 Å². The Labute approximate surface area is 193 Å². The van der Waals surface area contributed by atoms with Crippen molar-refractivity contribution in [3.05, 3.63) is 71.8 Å². The van der Waals surface area contributed by atoms with Crippen LogP contribution in [0, 0.1) is 13.8 Å². The summed E-state index contributed by atoms with van der Waals surface area (Å²) in [5, 5.41) is 5.59. The third-order valence-corrected chi connectivity index (χ3v) is 7.03. The number of hydrogen-bond donors (Lipinski definition) is 2. The molecule has 10 heteroatoms. The number of nitrogens with zero attached hydrogens (tertiary/aromatic N) is 3. The molecular weight excluding hydrogens is 442 g/mol. The van der Waals surface area contributed by atoms with Gasteiger partial charge in [0.05, 0.1) is 11.2 Å². The third kappa shape index (κ3) is 5.85. The van der Waals surface area contributed by atoms with Gasteiger partial charge in [0.15, 0.2) is 0 Å². The molecule has 0 unspecified atom stereocenters. The summed E-state index contributed by atoms with van der Waals surface area (Å²) < 4.78 is 28.0. The molecule has 0 atom stereocenters. The number of rotatable bonds is 8. The fourth-order valence-electron chi connectivity index (χ4n) is 3.12. The van der Waals surface area contributed by atoms with Gasteiger partial charge in [0.1, 0.15) is 0 Å². The fraction of sp³-hybridized carbons (Fsp3) is 0.261. The number of nitrogens with one attached hydrogen (secondary N) is 2. The van der Waals surface area contributed by atoms with Crippen LogP contribution < -0.4 is 10.6 Å². The van der Waals surface area contributed by atoms with Gasteiger partial charge in [-0.15, -0.1) is 0 Å². The molecule has 3 aromatic rings. The summed E-state index contributed by atoms with van der Waals surface area (Å²) >= 11 is 0. The van der Waals surface area contributed by atoms with E-state index in [2.05, 4.69) is 15.6 Å². The Hall–Kier alpha value is -3.50. The topological polar surface area (TPSA) is 113 Å². The van der Waals surface area contributed by atoms with E-state index < -0.39 is 15.9 Å². The highest BCUT2D eigenvalue weighted by Crippen LogP contribution is 2.26. The van der Waals surface area contributed by atoms with E-state index in [0.29, 0.717) is 23.5 Å². The van der Waals surface area contributed by atoms with Gasteiger partial charge >= 0.3 is 0 Å². The van der Waals surface area contributed by atoms with E-state index in [-0.39, 0.29) is 17.2 Å². The molecule has 2 N–H and O–H groups in total. The number of anilines is 2. The lowest BCUT2D eigenvalue weighted by Crippen LogP contribution is -2.23. The van der Waals surface area contributed by atoms with Crippen molar-refractivity contribution in [2.45, 2.75) is 31.7 Å². The molecule has 0 spiro atoms. The van der Waals surface area contributed by atoms with Gasteiger partial charge < -0.3 is 15.2 Å². The van der Waals surface area contributed by atoms with E-state index >= 15 is 0 Å². The van der Waals surface area contributed by atoms with Gasteiger partial charge in [-0.1, -0.05) is 6.07 Å². The van der Waals surface area contributed by atoms with E-state index in [1.165, 1.54) is 20.2 Å². The lowest BCUT2D eigenvalue weighted by atomic mass is 10.1. The number of imidazole rings is 1. The summed E-state index contributed by atoms with van der Waals surface area (Å²) in [6, 6.07) is 9.61. The first-order valence-corrected chi connectivity index (χ1v) is 11.7. The Balaban J connectivity index is 1.74. The van der Waals surface area contributed by atoms with Crippen molar-refractivity contribution >= 4 is 33.2 Å². The average molecular weight is 470 g/mol. The highest BCUT2D eigenvalue weighted by atomic mass is 32.2. The molecule has 0 aliphatic rings. The van der Waals surface area contributed by atoms with Crippen molar-refractivity contribution in [3.8, 4) is 0 Å². The van der Waals surface area contributed by atoms with Crippen LogP contribution in [0.2, 0.25) is 0 Å². The minimum atomic E-state index is -3.65. The Morgan fingerprint density at radius 3 is 2.52 bits per heavy atom. The molecule has 9 nitrogen and oxygen atoms in total. The monoisotopic (exact) mass is 469 g/mol. The van der Waals surface area contributed by atoms with Crippen molar-refractivity contribution in [1.29, 1.82) is 0 Å². The van der Waals surface area contributed by atoms with Gasteiger partial charge in [0.2, 0.25) is 15.9 Å². The van der Waals surface area contributed by atoms with Crippen molar-refractivity contribution in [3.63, 3.8) is 0 Å². The molecule has 0 saturated carbocycles. The van der Waals surface area contributed by atoms with E-state index in [1.54, 1.807) is 60.5 Å². The number of hydrogen-bond acceptors (Lipinski definition) is 5. The second-order valence-electron chi connectivity index (χ2n) is 7.83. The van der Waals surface area contributed by atoms with Gasteiger partial charge in [0.25, 0.3) is 5.91 Å². The fourth-order valence-corrected chi connectivity index (χ4v) is 4.14. The molecule has 0 saturated heterocycles. The zero-order valence-electron chi connectivity index (χ0n) is 19.0. The average Bonchev–Trinajstić information content (AvgIpc) is 3.29. The summed E-state index contributed by atoms with van der Waals surface area (Å²) in [4.78, 5) is 29.2. The molecule has 2 aromatic carbocycles. The highest BCUT2D eigenvalue weighted by molar-refractivity contribution is 7.89. The van der Waals surface area contributed by atoms with Crippen LogP contribution >= 0.6 is 0 Å². The molecular formula is C23H27N5O4S. The molecule has 33 heavy (non-hydrogen) atoms. The molecule has 0 aliphatic carbocycles. The Morgan fingerprint density at radius 2 is 1.85 bits per heavy atom. The summed E-state index contributed by atoms with van der Waals surface area (Å²) in [7, 11) is -0.740. The van der Waals surface area contributed by atoms with Crippen LogP contribution in [0.1, 0.15) is 27.9 Å². The van der Waals surface area contributed by atoms with E-state index in [9.17, 15) is 18.0 Å². The van der Waals surface area contributed by atoms with E-state index in [1.807, 2.05) is 6.92 Å². The summed E-state index contributed by atoms with van der Waals surface area (Å²) in [6.07, 6.45) is 5.33. The van der Waals surface area contributed by atoms with Gasteiger partial charge in [-0.3, -0.25) is 9.59 Å². The van der Waals surface area contributed by atoms with Crippen LogP contribution in [0.5, 0.6) is 0 Å². The van der Waals surface area contributed by atoms with Crippen LogP contribution in [0.15, 0.2) is 60.0 Å². The number of aromatic nitrogens is 2. The van der Waals surface area contributed by atoms with E-state index in [0.717, 1.165) is 15.4 Å². The first kappa shape index (κ1) is 24.1. The molecule has 2 amide bonds. The maximum Gasteiger partial charge on any atom is 0.255 e. The Kier molecular flexibility index (Phi) is 7.29. The quantitative estimate of drug-likeness (QED) is 0.526. The summed E-state index contributed by atoms with van der Waals surface area (Å²) in [5.74, 6) is -0.597. The maximum absolute atomic E-state index is 12.9. The summed E-state index contributed by atoms with van der Waals surface area (Å²) in [6.45, 7) is 4.10. The zero-order valence-corrected chi connectivity index (χ0v) is 19.8. The lowest BCUT2D eigenvalue weighted by molar-refractivity contribution is -0.116. The van der Waals surface area contributed by atoms with Crippen LogP contribution in [-0.2, 0) is 21.4 Å². The lowest BCUT2D eigenvalue weighted by Gasteiger charge is -2.16. The third-order valence-electron chi connectivity index (χ3n) is 5.23. The Morgan fingerprint density at radius 1 is 1.09 bits per heavy atom. The van der Waals surface area contributed by atoms with Crippen molar-refractivity contribution < 1.29 is 18.0 Å². The number of aryl methyl sites for hydroxylation is 2. The number of carbonyl (C=O) groups is 2. The van der Waals surface area contributed by atoms with Crippen LogP contribution in [0.3, 0.4) is 0 Å². The molecule has 0 radical (unpaired) electrons. The summed E-state index contributed by atoms with van der Waals surface area (Å²) in [5.41, 5.74) is 2.75. The van der Waals surface area contributed by atoms with Crippen molar-refractivity contribution in [1.82, 2.24) is 13.9 Å². The predicted molar refractivity (Wildman–Crippen MR) is 127 cm³/mol. The zero-order chi connectivity index (χ0) is 24.2. The second kappa shape index (κ2) is 9.97. The molecule has 0 fully saturated rings. The normalized spacial score (nSPS) is 11.4. The van der Waals surface area contributed by atoms with Crippen LogP contribution in [0.25, 0.3) is 0 Å². The highest BCUT2D eigenvalue weighted by Gasteiger charge is 2.20. The maximum atomic E-state index is 12.9. The molecule has 3 rings (SSSR count). The minimum absolute atomic E-state index is 0.102. The minimum Gasteiger partial charge on any atom is -0.337 e. The predicted octanol–water partition coefficient (Wildman–Crippen LogP) is 3.03. The number of carbonyl (C=O) groups excluding carboxylic acids is 2. The SMILES string of the molecule is Cc1cc(S(=O)(=O)N(C)C)cc(NC(=O)c2cccc(NC(=O)CCn3ccnc3)c2)c1C. The van der Waals surface area contributed by atoms with Crippen LogP contribution in [-0.4, -0.2) is 48.2 Å². The van der Waals surface area contributed by atoms with Crippen molar-refractivity contribution in [2.75, 3.05) is 24.7 Å². The number of benzene rings is 2. The van der Waals surface area contributed by atoms with Gasteiger partial charge in [-0.2, -0.15) is 0 Å². The number of amides is 2. The first-order chi connectivity index (χ1) is 15.6. The second-order valence-corrected chi connectivity index (χ2v) is 9.99. The Bertz CT molecular complexity index is 1270. The molecule has 1 aromatic heterocycles.